The Morgan fingerprint density at radius 1 is 1.33 bits per heavy atom. The van der Waals surface area contributed by atoms with Gasteiger partial charge in [0.15, 0.2) is 0 Å². The van der Waals surface area contributed by atoms with Crippen LogP contribution >= 0.6 is 0 Å². The van der Waals surface area contributed by atoms with Crippen molar-refractivity contribution in [3.8, 4) is 0 Å². The topological polar surface area (TPSA) is 57.0 Å². The minimum absolute atomic E-state index is 0.486. The van der Waals surface area contributed by atoms with E-state index < -0.39 is 0 Å². The second-order valence-corrected chi connectivity index (χ2v) is 4.31. The van der Waals surface area contributed by atoms with Gasteiger partial charge in [-0.2, -0.15) is 0 Å². The molecule has 18 heavy (non-hydrogen) atoms. The number of rotatable bonds is 3. The van der Waals surface area contributed by atoms with Crippen molar-refractivity contribution in [2.24, 2.45) is 5.73 Å². The molecule has 3 rings (SSSR count). The number of aryl methyl sites for hydroxylation is 1. The second kappa shape index (κ2) is 4.31. The van der Waals surface area contributed by atoms with Crippen molar-refractivity contribution in [1.82, 2.24) is 9.55 Å². The Bertz CT molecular complexity index is 681. The number of hydrogen-bond acceptors (Lipinski definition) is 3. The summed E-state index contributed by atoms with van der Waals surface area (Å²) in [4.78, 5) is 4.21. The first kappa shape index (κ1) is 11.0. The predicted molar refractivity (Wildman–Crippen MR) is 70.2 cm³/mol. The van der Waals surface area contributed by atoms with Crippen LogP contribution in [0.3, 0.4) is 0 Å². The van der Waals surface area contributed by atoms with Crippen molar-refractivity contribution in [3.05, 3.63) is 53.8 Å². The van der Waals surface area contributed by atoms with Crippen LogP contribution in [0.1, 0.15) is 17.1 Å². The Labute approximate surface area is 105 Å². The number of para-hydroxylation sites is 1. The standard InChI is InChI=1S/C14H15N3O/c1-10-16-6-7-17(10)9-14-12(8-15)11-4-2-3-5-13(11)18-14/h2-7H,8-9,15H2,1H3. The molecular formula is C14H15N3O. The molecule has 2 N–H and O–H groups in total. The summed E-state index contributed by atoms with van der Waals surface area (Å²) in [6.45, 7) is 3.14. The number of furan rings is 1. The Morgan fingerprint density at radius 3 is 2.89 bits per heavy atom. The summed E-state index contributed by atoms with van der Waals surface area (Å²) in [6.07, 6.45) is 3.74. The normalized spacial score (nSPS) is 11.2. The van der Waals surface area contributed by atoms with Gasteiger partial charge in [0.2, 0.25) is 0 Å². The van der Waals surface area contributed by atoms with Crippen molar-refractivity contribution in [1.29, 1.82) is 0 Å². The fourth-order valence-corrected chi connectivity index (χ4v) is 2.23. The zero-order chi connectivity index (χ0) is 12.5. The van der Waals surface area contributed by atoms with Crippen molar-refractivity contribution < 1.29 is 4.42 Å². The third kappa shape index (κ3) is 1.71. The molecule has 2 heterocycles. The van der Waals surface area contributed by atoms with Gasteiger partial charge in [-0.05, 0) is 13.0 Å². The number of aromatic nitrogens is 2. The molecule has 0 unspecified atom stereocenters. The monoisotopic (exact) mass is 241 g/mol. The summed E-state index contributed by atoms with van der Waals surface area (Å²) in [7, 11) is 0. The van der Waals surface area contributed by atoms with Crippen LogP contribution in [0.25, 0.3) is 11.0 Å². The maximum atomic E-state index is 5.89. The van der Waals surface area contributed by atoms with Crippen LogP contribution in [0.5, 0.6) is 0 Å². The molecule has 1 aromatic carbocycles. The molecule has 2 aromatic heterocycles. The lowest BCUT2D eigenvalue weighted by atomic mass is 10.1. The van der Waals surface area contributed by atoms with E-state index in [0.29, 0.717) is 13.1 Å². The molecule has 0 aliphatic carbocycles. The zero-order valence-electron chi connectivity index (χ0n) is 10.3. The van der Waals surface area contributed by atoms with E-state index in [-0.39, 0.29) is 0 Å². The van der Waals surface area contributed by atoms with Crippen LogP contribution in [0.15, 0.2) is 41.1 Å². The minimum atomic E-state index is 0.486. The highest BCUT2D eigenvalue weighted by molar-refractivity contribution is 5.82. The van der Waals surface area contributed by atoms with Crippen LogP contribution in [0, 0.1) is 6.92 Å². The van der Waals surface area contributed by atoms with Gasteiger partial charge < -0.3 is 14.7 Å². The number of nitrogens with two attached hydrogens (primary N) is 1. The predicted octanol–water partition coefficient (Wildman–Crippen LogP) is 2.44. The van der Waals surface area contributed by atoms with Crippen LogP contribution in [0.2, 0.25) is 0 Å². The molecule has 0 aliphatic rings. The molecule has 3 aromatic rings. The molecule has 0 aliphatic heterocycles. The quantitative estimate of drug-likeness (QED) is 0.766. The maximum absolute atomic E-state index is 5.89. The molecule has 4 nitrogen and oxygen atoms in total. The van der Waals surface area contributed by atoms with Gasteiger partial charge in [0.25, 0.3) is 0 Å². The molecule has 0 saturated carbocycles. The SMILES string of the molecule is Cc1nccn1Cc1oc2ccccc2c1CN. The summed E-state index contributed by atoms with van der Waals surface area (Å²) in [6, 6.07) is 7.99. The van der Waals surface area contributed by atoms with Crippen LogP contribution in [-0.2, 0) is 13.1 Å². The molecule has 0 fully saturated rings. The van der Waals surface area contributed by atoms with Gasteiger partial charge in [-0.15, -0.1) is 0 Å². The van der Waals surface area contributed by atoms with Crippen molar-refractivity contribution >= 4 is 11.0 Å². The van der Waals surface area contributed by atoms with E-state index in [9.17, 15) is 0 Å². The largest absolute Gasteiger partial charge is 0.459 e. The van der Waals surface area contributed by atoms with Gasteiger partial charge in [-0.25, -0.2) is 4.98 Å². The third-order valence-electron chi connectivity index (χ3n) is 3.22. The summed E-state index contributed by atoms with van der Waals surface area (Å²) in [5.74, 6) is 1.89. The Morgan fingerprint density at radius 2 is 2.17 bits per heavy atom. The van der Waals surface area contributed by atoms with E-state index >= 15 is 0 Å². The number of imidazole rings is 1. The van der Waals surface area contributed by atoms with E-state index in [4.69, 9.17) is 10.2 Å². The fourth-order valence-electron chi connectivity index (χ4n) is 2.23. The molecule has 0 spiro atoms. The minimum Gasteiger partial charge on any atom is -0.459 e. The summed E-state index contributed by atoms with van der Waals surface area (Å²) >= 11 is 0. The van der Waals surface area contributed by atoms with Crippen LogP contribution < -0.4 is 5.73 Å². The third-order valence-corrected chi connectivity index (χ3v) is 3.22. The van der Waals surface area contributed by atoms with E-state index in [1.165, 1.54) is 0 Å². The van der Waals surface area contributed by atoms with E-state index in [1.54, 1.807) is 6.20 Å². The second-order valence-electron chi connectivity index (χ2n) is 4.31. The van der Waals surface area contributed by atoms with Gasteiger partial charge in [-0.3, -0.25) is 0 Å². The summed E-state index contributed by atoms with van der Waals surface area (Å²) in [5.41, 5.74) is 7.82. The number of fused-ring (bicyclic) bond motifs is 1. The highest BCUT2D eigenvalue weighted by Crippen LogP contribution is 2.26. The van der Waals surface area contributed by atoms with E-state index in [1.807, 2.05) is 37.4 Å². The summed E-state index contributed by atoms with van der Waals surface area (Å²) in [5, 5.41) is 1.10. The van der Waals surface area contributed by atoms with Crippen LogP contribution in [-0.4, -0.2) is 9.55 Å². The van der Waals surface area contributed by atoms with Crippen molar-refractivity contribution in [2.45, 2.75) is 20.0 Å². The first-order chi connectivity index (χ1) is 8.79. The fraction of sp³-hybridized carbons (Fsp3) is 0.214. The number of benzene rings is 1. The molecule has 0 amide bonds. The van der Waals surface area contributed by atoms with Gasteiger partial charge in [0.05, 0.1) is 6.54 Å². The van der Waals surface area contributed by atoms with Crippen molar-refractivity contribution in [2.75, 3.05) is 0 Å². The molecular weight excluding hydrogens is 226 g/mol. The van der Waals surface area contributed by atoms with Gasteiger partial charge in [-0.1, -0.05) is 18.2 Å². The average molecular weight is 241 g/mol. The summed E-state index contributed by atoms with van der Waals surface area (Å²) < 4.78 is 7.94. The molecule has 4 heteroatoms. The first-order valence-corrected chi connectivity index (χ1v) is 5.96. The highest BCUT2D eigenvalue weighted by atomic mass is 16.3. The maximum Gasteiger partial charge on any atom is 0.134 e. The van der Waals surface area contributed by atoms with E-state index in [0.717, 1.165) is 28.1 Å². The number of nitrogens with zero attached hydrogens (tertiary/aromatic N) is 2. The van der Waals surface area contributed by atoms with E-state index in [2.05, 4.69) is 9.55 Å². The molecule has 0 atom stereocenters. The molecule has 0 saturated heterocycles. The lowest BCUT2D eigenvalue weighted by Crippen LogP contribution is -2.05. The van der Waals surface area contributed by atoms with Crippen LogP contribution in [0.4, 0.5) is 0 Å². The lowest BCUT2D eigenvalue weighted by Gasteiger charge is -2.04. The van der Waals surface area contributed by atoms with Gasteiger partial charge in [0, 0.05) is 29.9 Å². The smallest absolute Gasteiger partial charge is 0.134 e. The van der Waals surface area contributed by atoms with Crippen molar-refractivity contribution in [3.63, 3.8) is 0 Å². The van der Waals surface area contributed by atoms with Gasteiger partial charge in [0.1, 0.15) is 17.2 Å². The lowest BCUT2D eigenvalue weighted by molar-refractivity contribution is 0.518. The molecule has 0 bridgehead atoms. The van der Waals surface area contributed by atoms with Gasteiger partial charge >= 0.3 is 0 Å². The average Bonchev–Trinajstić information content (AvgIpc) is 2.93. The number of hydrogen-bond donors (Lipinski definition) is 1. The first-order valence-electron chi connectivity index (χ1n) is 5.96. The Kier molecular flexibility index (Phi) is 2.64. The molecule has 92 valence electrons. The Balaban J connectivity index is 2.09. The molecule has 0 radical (unpaired) electrons. The zero-order valence-corrected chi connectivity index (χ0v) is 10.3. The highest BCUT2D eigenvalue weighted by Gasteiger charge is 2.13. The Hall–Kier alpha value is -2.07.